The van der Waals surface area contributed by atoms with Crippen LogP contribution in [0.1, 0.15) is 31.7 Å². The third kappa shape index (κ3) is 5.41. The Labute approximate surface area is 208 Å². The Balaban J connectivity index is 1.66. The third-order valence-corrected chi connectivity index (χ3v) is 7.09. The number of carbonyl (C=O) groups is 2. The van der Waals surface area contributed by atoms with Gasteiger partial charge in [0.15, 0.2) is 0 Å². The number of hydrogen-bond donors (Lipinski definition) is 2. The van der Waals surface area contributed by atoms with Gasteiger partial charge in [-0.15, -0.1) is 0 Å². The first-order chi connectivity index (χ1) is 16.7. The topological polar surface area (TPSA) is 91.2 Å². The molecule has 0 saturated heterocycles. The summed E-state index contributed by atoms with van der Waals surface area (Å²) in [5.74, 6) is -0.839. The standard InChI is InChI=1S/C27H26FN3O3S/c1-27(2)12-21-25(22(32)13-27)24(16-4-10-19(34-3)11-5-16)20(14-29)26(31-21)35-15-23(33)30-18-8-6-17(28)7-9-18/h4-12,24-25,31H,13,15H2,1-3H3,(H,30,33). The van der Waals surface area contributed by atoms with Crippen molar-refractivity contribution in [2.45, 2.75) is 26.2 Å². The summed E-state index contributed by atoms with van der Waals surface area (Å²) in [6, 6.07) is 15.2. The Morgan fingerprint density at radius 3 is 2.51 bits per heavy atom. The van der Waals surface area contributed by atoms with E-state index < -0.39 is 11.8 Å². The zero-order chi connectivity index (χ0) is 25.2. The SMILES string of the molecule is COc1ccc(C2C(C#N)=C(SCC(=O)Nc3ccc(F)cc3)NC3=CC(C)(C)CC(=O)C32)cc1. The number of amides is 1. The van der Waals surface area contributed by atoms with Crippen molar-refractivity contribution in [1.29, 1.82) is 5.26 Å². The van der Waals surface area contributed by atoms with Crippen LogP contribution in [0.15, 0.2) is 70.9 Å². The number of ether oxygens (including phenoxy) is 1. The summed E-state index contributed by atoms with van der Waals surface area (Å²) in [6.45, 7) is 4.01. The summed E-state index contributed by atoms with van der Waals surface area (Å²) in [5, 5.41) is 16.7. The second kappa shape index (κ2) is 9.96. The van der Waals surface area contributed by atoms with Gasteiger partial charge in [0.05, 0.1) is 35.5 Å². The zero-order valence-corrected chi connectivity index (χ0v) is 20.5. The normalized spacial score (nSPS) is 20.8. The van der Waals surface area contributed by atoms with Crippen molar-refractivity contribution < 1.29 is 18.7 Å². The Morgan fingerprint density at radius 1 is 1.20 bits per heavy atom. The molecule has 0 aromatic heterocycles. The van der Waals surface area contributed by atoms with Gasteiger partial charge in [-0.2, -0.15) is 5.26 Å². The predicted molar refractivity (Wildman–Crippen MR) is 134 cm³/mol. The molecule has 0 saturated carbocycles. The number of nitriles is 1. The quantitative estimate of drug-likeness (QED) is 0.582. The maximum absolute atomic E-state index is 13.3. The monoisotopic (exact) mass is 491 g/mol. The molecule has 0 bridgehead atoms. The fraction of sp³-hybridized carbons (Fsp3) is 0.296. The van der Waals surface area contributed by atoms with Crippen LogP contribution in [0.5, 0.6) is 5.75 Å². The van der Waals surface area contributed by atoms with Gasteiger partial charge in [0.25, 0.3) is 0 Å². The van der Waals surface area contributed by atoms with Crippen LogP contribution in [-0.4, -0.2) is 24.6 Å². The first-order valence-corrected chi connectivity index (χ1v) is 12.2. The van der Waals surface area contributed by atoms with Gasteiger partial charge in [0.1, 0.15) is 17.3 Å². The minimum absolute atomic E-state index is 0.0372. The number of nitrogens with one attached hydrogen (secondary N) is 2. The van der Waals surface area contributed by atoms with E-state index in [1.54, 1.807) is 7.11 Å². The number of ketones is 1. The molecule has 0 spiro atoms. The molecule has 2 aliphatic rings. The maximum atomic E-state index is 13.3. The fourth-order valence-electron chi connectivity index (χ4n) is 4.55. The zero-order valence-electron chi connectivity index (χ0n) is 19.7. The summed E-state index contributed by atoms with van der Waals surface area (Å²) >= 11 is 1.21. The number of allylic oxidation sites excluding steroid dienone is 3. The Morgan fingerprint density at radius 2 is 1.89 bits per heavy atom. The Hall–Kier alpha value is -3.57. The molecule has 1 heterocycles. The van der Waals surface area contributed by atoms with Crippen molar-refractivity contribution in [1.82, 2.24) is 5.32 Å². The van der Waals surface area contributed by atoms with E-state index in [0.29, 0.717) is 28.5 Å². The van der Waals surface area contributed by atoms with Gasteiger partial charge in [0, 0.05) is 23.7 Å². The van der Waals surface area contributed by atoms with Crippen molar-refractivity contribution in [3.63, 3.8) is 0 Å². The highest BCUT2D eigenvalue weighted by Gasteiger charge is 2.45. The van der Waals surface area contributed by atoms with E-state index >= 15 is 0 Å². The van der Waals surface area contributed by atoms with Gasteiger partial charge < -0.3 is 15.4 Å². The van der Waals surface area contributed by atoms with Crippen LogP contribution in [0.25, 0.3) is 0 Å². The number of nitrogens with zero attached hydrogens (tertiary/aromatic N) is 1. The molecule has 2 aromatic rings. The molecular weight excluding hydrogens is 465 g/mol. The summed E-state index contributed by atoms with van der Waals surface area (Å²) in [5.41, 5.74) is 2.18. The number of halogens is 1. The molecule has 1 aliphatic carbocycles. The van der Waals surface area contributed by atoms with Crippen LogP contribution >= 0.6 is 11.8 Å². The number of benzene rings is 2. The highest BCUT2D eigenvalue weighted by molar-refractivity contribution is 8.03. The number of anilines is 1. The molecule has 35 heavy (non-hydrogen) atoms. The first-order valence-electron chi connectivity index (χ1n) is 11.2. The Kier molecular flexibility index (Phi) is 6.99. The molecule has 1 aliphatic heterocycles. The maximum Gasteiger partial charge on any atom is 0.234 e. The second-order valence-electron chi connectivity index (χ2n) is 9.28. The molecule has 2 unspecified atom stereocenters. The largest absolute Gasteiger partial charge is 0.497 e. The lowest BCUT2D eigenvalue weighted by Gasteiger charge is -2.40. The molecule has 6 nitrogen and oxygen atoms in total. The number of fused-ring (bicyclic) bond motifs is 1. The molecule has 8 heteroatoms. The minimum Gasteiger partial charge on any atom is -0.497 e. The molecular formula is C27H26FN3O3S. The third-order valence-electron chi connectivity index (χ3n) is 6.08. The molecule has 180 valence electrons. The minimum atomic E-state index is -0.497. The Bertz CT molecular complexity index is 1240. The molecule has 0 radical (unpaired) electrons. The highest BCUT2D eigenvalue weighted by atomic mass is 32.2. The van der Waals surface area contributed by atoms with E-state index in [2.05, 4.69) is 22.8 Å². The average molecular weight is 492 g/mol. The van der Waals surface area contributed by atoms with Gasteiger partial charge >= 0.3 is 0 Å². The van der Waals surface area contributed by atoms with E-state index in [4.69, 9.17) is 4.74 Å². The summed E-state index contributed by atoms with van der Waals surface area (Å²) in [7, 11) is 1.58. The van der Waals surface area contributed by atoms with E-state index in [1.807, 2.05) is 38.1 Å². The van der Waals surface area contributed by atoms with Crippen molar-refractivity contribution in [2.75, 3.05) is 18.2 Å². The lowest BCUT2D eigenvalue weighted by atomic mass is 9.67. The van der Waals surface area contributed by atoms with Crippen LogP contribution < -0.4 is 15.4 Å². The van der Waals surface area contributed by atoms with E-state index in [9.17, 15) is 19.2 Å². The highest BCUT2D eigenvalue weighted by Crippen LogP contribution is 2.48. The van der Waals surface area contributed by atoms with Crippen LogP contribution in [0.4, 0.5) is 10.1 Å². The molecule has 2 atom stereocenters. The van der Waals surface area contributed by atoms with E-state index in [-0.39, 0.29) is 28.7 Å². The lowest BCUT2D eigenvalue weighted by Crippen LogP contribution is -2.42. The van der Waals surface area contributed by atoms with Gasteiger partial charge in [-0.25, -0.2) is 4.39 Å². The fourth-order valence-corrected chi connectivity index (χ4v) is 5.42. The van der Waals surface area contributed by atoms with Crippen molar-refractivity contribution >= 4 is 29.1 Å². The molecule has 4 rings (SSSR count). The van der Waals surface area contributed by atoms with Crippen molar-refractivity contribution in [3.05, 3.63) is 82.3 Å². The average Bonchev–Trinajstić information content (AvgIpc) is 2.82. The van der Waals surface area contributed by atoms with Crippen LogP contribution in [0.3, 0.4) is 0 Å². The number of carbonyl (C=O) groups excluding carboxylic acids is 2. The van der Waals surface area contributed by atoms with Crippen LogP contribution in [-0.2, 0) is 9.59 Å². The van der Waals surface area contributed by atoms with Gasteiger partial charge in [0.2, 0.25) is 5.91 Å². The van der Waals surface area contributed by atoms with E-state index in [0.717, 1.165) is 11.3 Å². The molecule has 2 aromatic carbocycles. The number of rotatable bonds is 6. The van der Waals surface area contributed by atoms with Gasteiger partial charge in [-0.05, 0) is 47.4 Å². The van der Waals surface area contributed by atoms with Crippen molar-refractivity contribution in [3.8, 4) is 11.8 Å². The lowest BCUT2D eigenvalue weighted by molar-refractivity contribution is -0.124. The van der Waals surface area contributed by atoms with Gasteiger partial charge in [-0.1, -0.05) is 43.8 Å². The molecule has 0 fully saturated rings. The summed E-state index contributed by atoms with van der Waals surface area (Å²) in [4.78, 5) is 25.8. The molecule has 1 amide bonds. The van der Waals surface area contributed by atoms with E-state index in [1.165, 1.54) is 36.0 Å². The summed E-state index contributed by atoms with van der Waals surface area (Å²) in [6.07, 6.45) is 2.44. The van der Waals surface area contributed by atoms with Crippen LogP contribution in [0, 0.1) is 28.5 Å². The van der Waals surface area contributed by atoms with Crippen molar-refractivity contribution in [2.24, 2.45) is 11.3 Å². The van der Waals surface area contributed by atoms with Crippen LogP contribution in [0.2, 0.25) is 0 Å². The summed E-state index contributed by atoms with van der Waals surface area (Å²) < 4.78 is 18.4. The molecule has 2 N–H and O–H groups in total. The number of Topliss-reactive ketones (excluding diaryl/α,β-unsaturated/α-hetero) is 1. The first kappa shape index (κ1) is 24.6. The second-order valence-corrected chi connectivity index (χ2v) is 10.3. The number of hydrogen-bond acceptors (Lipinski definition) is 6. The number of thioether (sulfide) groups is 1. The van der Waals surface area contributed by atoms with Gasteiger partial charge in [-0.3, -0.25) is 9.59 Å². The number of methoxy groups -OCH3 is 1. The predicted octanol–water partition coefficient (Wildman–Crippen LogP) is 5.13. The smallest absolute Gasteiger partial charge is 0.234 e.